The van der Waals surface area contributed by atoms with Gasteiger partial charge in [-0.15, -0.1) is 0 Å². The molecule has 0 radical (unpaired) electrons. The van der Waals surface area contributed by atoms with E-state index in [1.807, 2.05) is 27.7 Å². The van der Waals surface area contributed by atoms with E-state index in [0.29, 0.717) is 12.8 Å². The molecule has 5 rings (SSSR count). The Morgan fingerprint density at radius 3 is 1.98 bits per heavy atom. The summed E-state index contributed by atoms with van der Waals surface area (Å²) in [6.07, 6.45) is 6.92. The number of fused-ring (bicyclic) bond motifs is 1. The van der Waals surface area contributed by atoms with Crippen molar-refractivity contribution in [3.8, 4) is 5.88 Å². The Balaban J connectivity index is 1.43. The van der Waals surface area contributed by atoms with Crippen LogP contribution in [-0.4, -0.2) is 97.5 Å². The highest BCUT2D eigenvalue weighted by molar-refractivity contribution is 7.54. The van der Waals surface area contributed by atoms with Crippen LogP contribution in [0.15, 0.2) is 6.33 Å². The van der Waals surface area contributed by atoms with E-state index in [2.05, 4.69) is 25.1 Å². The van der Waals surface area contributed by atoms with Crippen molar-refractivity contribution < 1.29 is 47.8 Å². The van der Waals surface area contributed by atoms with E-state index in [9.17, 15) is 19.8 Å². The van der Waals surface area contributed by atoms with Crippen LogP contribution in [-0.2, 0) is 32.9 Å². The summed E-state index contributed by atoms with van der Waals surface area (Å²) in [7, 11) is -2.98. The second-order valence-corrected chi connectivity index (χ2v) is 17.2. The predicted octanol–water partition coefficient (Wildman–Crippen LogP) is 4.31. The van der Waals surface area contributed by atoms with Gasteiger partial charge in [0.05, 0.1) is 20.0 Å². The van der Waals surface area contributed by atoms with Gasteiger partial charge < -0.3 is 39.4 Å². The van der Waals surface area contributed by atoms with Gasteiger partial charge in [-0.3, -0.25) is 18.7 Å². The molecule has 0 aromatic carbocycles. The highest BCUT2D eigenvalue weighted by atomic mass is 31.2. The quantitative estimate of drug-likeness (QED) is 0.111. The number of carbonyl (C=O) groups excluding carboxylic acids is 2. The van der Waals surface area contributed by atoms with Crippen molar-refractivity contribution in [2.24, 2.45) is 11.8 Å². The van der Waals surface area contributed by atoms with E-state index in [-0.39, 0.29) is 47.0 Å². The van der Waals surface area contributed by atoms with E-state index in [4.69, 9.17) is 29.2 Å². The number of imidazole rings is 1. The highest BCUT2D eigenvalue weighted by Gasteiger charge is 2.54. The summed E-state index contributed by atoms with van der Waals surface area (Å²) in [5.41, 5.74) is 4.43. The summed E-state index contributed by atoms with van der Waals surface area (Å²) in [5, 5.41) is 28.9. The number of esters is 2. The lowest BCUT2D eigenvalue weighted by Crippen LogP contribution is -2.50. The number of aromatic nitrogens is 4. The summed E-state index contributed by atoms with van der Waals surface area (Å²) in [4.78, 5) is 40.2. The Hall–Kier alpha value is -2.92. The summed E-state index contributed by atoms with van der Waals surface area (Å²) in [6, 6.07) is -2.13. The Morgan fingerprint density at radius 2 is 1.50 bits per heavy atom. The monoisotopic (exact) mass is 781 g/mol. The number of methoxy groups -OCH3 is 1. The molecule has 0 bridgehead atoms. The zero-order chi connectivity index (χ0) is 39.2. The van der Waals surface area contributed by atoms with Crippen LogP contribution in [0.5, 0.6) is 5.88 Å². The van der Waals surface area contributed by atoms with E-state index in [1.54, 1.807) is 0 Å². The lowest BCUT2D eigenvalue weighted by molar-refractivity contribution is -0.154. The molecule has 6 N–H and O–H groups in total. The first-order valence-electron chi connectivity index (χ1n) is 19.5. The number of nitrogen functional groups attached to an aromatic ring is 1. The van der Waals surface area contributed by atoms with Gasteiger partial charge in [-0.2, -0.15) is 9.97 Å². The number of carbonyl (C=O) groups is 2. The predicted molar refractivity (Wildman–Crippen MR) is 199 cm³/mol. The number of ether oxygens (including phenoxy) is 4. The second-order valence-electron chi connectivity index (χ2n) is 15.3. The number of nitrogens with one attached hydrogen (secondary N) is 2. The van der Waals surface area contributed by atoms with Gasteiger partial charge in [0.1, 0.15) is 42.1 Å². The summed E-state index contributed by atoms with van der Waals surface area (Å²) < 4.78 is 46.1. The molecule has 2 aromatic rings. The molecule has 3 aliphatic rings. The van der Waals surface area contributed by atoms with Gasteiger partial charge in [-0.25, -0.2) is 15.2 Å². The summed E-state index contributed by atoms with van der Waals surface area (Å²) in [5.74, 6) is -1.78. The van der Waals surface area contributed by atoms with Crippen LogP contribution in [0.25, 0.3) is 11.2 Å². The number of aliphatic hydroxyl groups excluding tert-OH is 1. The molecular formula is C36H60N7O10P. The maximum absolute atomic E-state index is 15.2. The highest BCUT2D eigenvalue weighted by Crippen LogP contribution is 2.45. The van der Waals surface area contributed by atoms with Crippen LogP contribution >= 0.6 is 7.67 Å². The number of rotatable bonds is 17. The van der Waals surface area contributed by atoms with Crippen molar-refractivity contribution in [3.63, 3.8) is 0 Å². The Labute approximate surface area is 317 Å². The minimum Gasteiger partial charge on any atom is -0.479 e. The average Bonchev–Trinajstić information content (AvgIpc) is 3.68. The van der Waals surface area contributed by atoms with Crippen LogP contribution in [0.2, 0.25) is 0 Å². The normalized spacial score (nSPS) is 26.6. The zero-order valence-corrected chi connectivity index (χ0v) is 33.3. The first-order chi connectivity index (χ1) is 25.7. The van der Waals surface area contributed by atoms with Crippen LogP contribution in [0.4, 0.5) is 5.95 Å². The number of hydrogen-bond acceptors (Lipinski definition) is 14. The summed E-state index contributed by atoms with van der Waals surface area (Å²) in [6.45, 7) is 8.38. The Bertz CT molecular complexity index is 1560. The molecule has 304 valence electrons. The van der Waals surface area contributed by atoms with Gasteiger partial charge in [0.25, 0.3) is 0 Å². The molecule has 54 heavy (non-hydrogen) atoms. The van der Waals surface area contributed by atoms with Crippen LogP contribution in [0.3, 0.4) is 0 Å². The lowest BCUT2D eigenvalue weighted by atomic mass is 9.96. The molecule has 2 aromatic heterocycles. The number of nitrogens with two attached hydrogens (primary N) is 1. The van der Waals surface area contributed by atoms with Gasteiger partial charge in [0, 0.05) is 0 Å². The first-order valence-corrected chi connectivity index (χ1v) is 21.1. The molecule has 8 atom stereocenters. The van der Waals surface area contributed by atoms with Crippen molar-refractivity contribution in [2.45, 2.75) is 160 Å². The van der Waals surface area contributed by atoms with Crippen LogP contribution in [0, 0.1) is 11.8 Å². The number of aliphatic hydroxyl groups is 2. The standard InChI is InChI=1S/C36H60N7O10P/c1-7-21(3)26(32(45)51-23-15-11-9-12-16-23)41-54(48,42-27(22(4)8-2)33(46)52-24-17-13-10-14-18-24)50-19-25-29(44)36(5,47)34(53-25)43-20-38-28-30(43)39-35(37)40-31(28)49-6/h20-27,29,34,44,47H,7-19H2,1-6H3,(H2,37,39,40)(H2,41,42,48)/t21-,22-,25-,26+,27+,29-,34-,36-/m1/s1. The maximum atomic E-state index is 15.2. The zero-order valence-electron chi connectivity index (χ0n) is 32.4. The molecule has 0 unspecified atom stereocenters. The summed E-state index contributed by atoms with van der Waals surface area (Å²) >= 11 is 0. The van der Waals surface area contributed by atoms with Crippen LogP contribution in [0.1, 0.15) is 118 Å². The second kappa shape index (κ2) is 18.4. The average molecular weight is 782 g/mol. The van der Waals surface area contributed by atoms with Crippen molar-refractivity contribution in [2.75, 3.05) is 19.5 Å². The van der Waals surface area contributed by atoms with Crippen LogP contribution < -0.4 is 20.6 Å². The molecule has 2 saturated carbocycles. The molecule has 1 aliphatic heterocycles. The fourth-order valence-corrected chi connectivity index (χ4v) is 9.42. The molecular weight excluding hydrogens is 721 g/mol. The van der Waals surface area contributed by atoms with Crippen molar-refractivity contribution >= 4 is 36.7 Å². The van der Waals surface area contributed by atoms with Crippen molar-refractivity contribution in [3.05, 3.63) is 6.33 Å². The Morgan fingerprint density at radius 1 is 0.981 bits per heavy atom. The minimum atomic E-state index is -4.38. The molecule has 3 fully saturated rings. The molecule has 18 heteroatoms. The van der Waals surface area contributed by atoms with Crippen molar-refractivity contribution in [1.82, 2.24) is 29.7 Å². The SMILES string of the molecule is CC[C@@H](C)[C@H](NP(=O)(N[C@H](C(=O)OC1CCCCC1)[C@H](C)CC)OC[C@H]1O[C@@H](n2cnc3c(OC)nc(N)nc32)[C@](C)(O)[C@@H]1O)C(=O)OC1CCCCC1. The van der Waals surface area contributed by atoms with E-state index in [1.165, 1.54) is 24.9 Å². The van der Waals surface area contributed by atoms with E-state index in [0.717, 1.165) is 64.2 Å². The number of hydrogen-bond donors (Lipinski definition) is 5. The number of anilines is 1. The van der Waals surface area contributed by atoms with Crippen molar-refractivity contribution in [1.29, 1.82) is 0 Å². The fourth-order valence-electron chi connectivity index (χ4n) is 7.39. The molecule has 3 heterocycles. The third-order valence-electron chi connectivity index (χ3n) is 11.2. The third kappa shape index (κ3) is 9.71. The van der Waals surface area contributed by atoms with Gasteiger partial charge in [0.2, 0.25) is 11.8 Å². The van der Waals surface area contributed by atoms with E-state index >= 15 is 4.57 Å². The van der Waals surface area contributed by atoms with E-state index < -0.39 is 62.3 Å². The smallest absolute Gasteiger partial charge is 0.342 e. The van der Waals surface area contributed by atoms with Gasteiger partial charge in [-0.05, 0) is 70.1 Å². The fraction of sp³-hybridized carbons (Fsp3) is 0.806. The molecule has 17 nitrogen and oxygen atoms in total. The first kappa shape index (κ1) is 42.2. The topological polar surface area (TPSA) is 231 Å². The molecule has 2 aliphatic carbocycles. The van der Waals surface area contributed by atoms with Gasteiger partial charge in [-0.1, -0.05) is 53.4 Å². The third-order valence-corrected chi connectivity index (χ3v) is 13.0. The Kier molecular flexibility index (Phi) is 14.3. The van der Waals surface area contributed by atoms with Gasteiger partial charge >= 0.3 is 19.6 Å². The maximum Gasteiger partial charge on any atom is 0.342 e. The minimum absolute atomic E-state index is 0.104. The van der Waals surface area contributed by atoms with Gasteiger partial charge in [0.15, 0.2) is 17.4 Å². The largest absolute Gasteiger partial charge is 0.479 e. The molecule has 1 saturated heterocycles. The molecule has 0 amide bonds. The lowest BCUT2D eigenvalue weighted by Gasteiger charge is -2.34. The number of nitrogens with zero attached hydrogens (tertiary/aromatic N) is 4. The molecule has 0 spiro atoms.